The SMILES string of the molecule is COc1ccc(OC)c(-c2csc(NC(=O)C3CCCN(S(=O)(=O)c4ccc(F)cc4)C3)n2)c1. The number of nitrogens with one attached hydrogen (secondary N) is 1. The van der Waals surface area contributed by atoms with E-state index in [9.17, 15) is 17.6 Å². The third kappa shape index (κ3) is 5.06. The molecule has 1 fully saturated rings. The van der Waals surface area contributed by atoms with Gasteiger partial charge in [0.2, 0.25) is 15.9 Å². The number of carbonyl (C=O) groups is 1. The van der Waals surface area contributed by atoms with E-state index in [4.69, 9.17) is 9.47 Å². The van der Waals surface area contributed by atoms with Crippen molar-refractivity contribution in [1.82, 2.24) is 9.29 Å². The molecule has 1 atom stereocenters. The predicted molar refractivity (Wildman–Crippen MR) is 127 cm³/mol. The van der Waals surface area contributed by atoms with Gasteiger partial charge in [0.1, 0.15) is 17.3 Å². The molecule has 3 aromatic rings. The largest absolute Gasteiger partial charge is 0.497 e. The van der Waals surface area contributed by atoms with Crippen LogP contribution in [0.5, 0.6) is 11.5 Å². The topological polar surface area (TPSA) is 97.8 Å². The molecule has 1 aliphatic rings. The molecule has 0 saturated carbocycles. The van der Waals surface area contributed by atoms with Gasteiger partial charge in [-0.2, -0.15) is 4.31 Å². The molecular weight excluding hydrogens is 481 g/mol. The number of rotatable bonds is 7. The van der Waals surface area contributed by atoms with Crippen LogP contribution >= 0.6 is 11.3 Å². The summed E-state index contributed by atoms with van der Waals surface area (Å²) in [5.41, 5.74) is 1.35. The lowest BCUT2D eigenvalue weighted by molar-refractivity contribution is -0.120. The van der Waals surface area contributed by atoms with Crippen LogP contribution < -0.4 is 14.8 Å². The quantitative estimate of drug-likeness (QED) is 0.521. The van der Waals surface area contributed by atoms with E-state index in [1.54, 1.807) is 37.8 Å². The maximum Gasteiger partial charge on any atom is 0.243 e. The van der Waals surface area contributed by atoms with Gasteiger partial charge < -0.3 is 14.8 Å². The number of benzene rings is 2. The average Bonchev–Trinajstić information content (AvgIpc) is 3.32. The Morgan fingerprint density at radius 1 is 1.18 bits per heavy atom. The van der Waals surface area contributed by atoms with E-state index in [0.717, 1.165) is 17.7 Å². The number of sulfonamides is 1. The van der Waals surface area contributed by atoms with Crippen LogP contribution in [0.2, 0.25) is 0 Å². The van der Waals surface area contributed by atoms with Crippen LogP contribution in [-0.4, -0.2) is 50.9 Å². The number of methoxy groups -OCH3 is 2. The van der Waals surface area contributed by atoms with Crippen molar-refractivity contribution in [3.05, 3.63) is 53.7 Å². The highest BCUT2D eigenvalue weighted by molar-refractivity contribution is 7.89. The monoisotopic (exact) mass is 505 g/mol. The minimum atomic E-state index is -3.82. The van der Waals surface area contributed by atoms with Crippen molar-refractivity contribution in [3.63, 3.8) is 0 Å². The molecule has 11 heteroatoms. The van der Waals surface area contributed by atoms with Gasteiger partial charge in [-0.15, -0.1) is 11.3 Å². The van der Waals surface area contributed by atoms with Crippen LogP contribution in [0.1, 0.15) is 12.8 Å². The molecule has 1 aromatic heterocycles. The van der Waals surface area contributed by atoms with E-state index < -0.39 is 21.8 Å². The van der Waals surface area contributed by atoms with Crippen molar-refractivity contribution in [1.29, 1.82) is 0 Å². The third-order valence-electron chi connectivity index (χ3n) is 5.62. The highest BCUT2D eigenvalue weighted by Crippen LogP contribution is 2.35. The molecule has 1 aliphatic heterocycles. The fraction of sp³-hybridized carbons (Fsp3) is 0.304. The van der Waals surface area contributed by atoms with Gasteiger partial charge in [-0.1, -0.05) is 0 Å². The van der Waals surface area contributed by atoms with Gasteiger partial charge in [0.05, 0.1) is 30.7 Å². The smallest absolute Gasteiger partial charge is 0.243 e. The van der Waals surface area contributed by atoms with Crippen molar-refractivity contribution >= 4 is 32.4 Å². The number of hydrogen-bond donors (Lipinski definition) is 1. The molecule has 2 aromatic carbocycles. The Labute approximate surface area is 201 Å². The maximum absolute atomic E-state index is 13.2. The highest BCUT2D eigenvalue weighted by Gasteiger charge is 2.33. The Kier molecular flexibility index (Phi) is 7.15. The number of thiazole rings is 1. The lowest BCUT2D eigenvalue weighted by atomic mass is 9.99. The molecule has 0 bridgehead atoms. The van der Waals surface area contributed by atoms with E-state index in [1.165, 1.54) is 27.8 Å². The Bertz CT molecular complexity index is 1280. The van der Waals surface area contributed by atoms with Gasteiger partial charge in [0.25, 0.3) is 0 Å². The van der Waals surface area contributed by atoms with Crippen LogP contribution in [0.15, 0.2) is 52.7 Å². The molecular formula is C23H24FN3O5S2. The lowest BCUT2D eigenvalue weighted by Crippen LogP contribution is -2.43. The summed E-state index contributed by atoms with van der Waals surface area (Å²) < 4.78 is 51.0. The van der Waals surface area contributed by atoms with Crippen molar-refractivity contribution in [2.24, 2.45) is 5.92 Å². The number of amides is 1. The molecule has 34 heavy (non-hydrogen) atoms. The second-order valence-corrected chi connectivity index (χ2v) is 10.5. The average molecular weight is 506 g/mol. The standard InChI is InChI=1S/C23H24FN3O5S2/c1-31-17-7-10-21(32-2)19(12-17)20-14-33-23(25-20)26-22(28)15-4-3-11-27(13-15)34(29,30)18-8-5-16(24)6-9-18/h5-10,12,14-15H,3-4,11,13H2,1-2H3,(H,25,26,28). The van der Waals surface area contributed by atoms with Crippen molar-refractivity contribution in [2.75, 3.05) is 32.6 Å². The first-order valence-corrected chi connectivity index (χ1v) is 12.9. The van der Waals surface area contributed by atoms with Crippen molar-refractivity contribution in [2.45, 2.75) is 17.7 Å². The second kappa shape index (κ2) is 10.1. The summed E-state index contributed by atoms with van der Waals surface area (Å²) >= 11 is 1.27. The molecule has 0 radical (unpaired) electrons. The normalized spacial score (nSPS) is 16.7. The Morgan fingerprint density at radius 2 is 1.94 bits per heavy atom. The molecule has 0 spiro atoms. The van der Waals surface area contributed by atoms with Crippen LogP contribution in [0.25, 0.3) is 11.3 Å². The zero-order valence-electron chi connectivity index (χ0n) is 18.7. The molecule has 4 rings (SSSR count). The second-order valence-electron chi connectivity index (χ2n) is 7.75. The van der Waals surface area contributed by atoms with E-state index in [0.29, 0.717) is 41.7 Å². The number of nitrogens with zero attached hydrogens (tertiary/aromatic N) is 2. The third-order valence-corrected chi connectivity index (χ3v) is 8.26. The zero-order valence-corrected chi connectivity index (χ0v) is 20.3. The number of piperidine rings is 1. The molecule has 2 heterocycles. The summed E-state index contributed by atoms with van der Waals surface area (Å²) in [6.07, 6.45) is 1.10. The first-order valence-electron chi connectivity index (χ1n) is 10.6. The van der Waals surface area contributed by atoms with Gasteiger partial charge in [0, 0.05) is 24.0 Å². The lowest BCUT2D eigenvalue weighted by Gasteiger charge is -2.31. The Balaban J connectivity index is 1.47. The van der Waals surface area contributed by atoms with Crippen LogP contribution in [0, 0.1) is 11.7 Å². The number of hydrogen-bond acceptors (Lipinski definition) is 7. The summed E-state index contributed by atoms with van der Waals surface area (Å²) in [6, 6.07) is 10.1. The van der Waals surface area contributed by atoms with Gasteiger partial charge in [-0.05, 0) is 55.3 Å². The molecule has 1 unspecified atom stereocenters. The maximum atomic E-state index is 13.2. The van der Waals surface area contributed by atoms with Crippen LogP contribution in [0.3, 0.4) is 0 Å². The minimum Gasteiger partial charge on any atom is -0.497 e. The number of carbonyl (C=O) groups excluding carboxylic acids is 1. The van der Waals surface area contributed by atoms with Gasteiger partial charge >= 0.3 is 0 Å². The predicted octanol–water partition coefficient (Wildman–Crippen LogP) is 4.01. The van der Waals surface area contributed by atoms with E-state index in [-0.39, 0.29) is 17.3 Å². The molecule has 1 N–H and O–H groups in total. The summed E-state index contributed by atoms with van der Waals surface area (Å²) in [5, 5.41) is 5.02. The van der Waals surface area contributed by atoms with Gasteiger partial charge in [0.15, 0.2) is 5.13 Å². The Morgan fingerprint density at radius 3 is 2.65 bits per heavy atom. The highest BCUT2D eigenvalue weighted by atomic mass is 32.2. The minimum absolute atomic E-state index is 0.00626. The van der Waals surface area contributed by atoms with Gasteiger partial charge in [-0.3, -0.25) is 4.79 Å². The van der Waals surface area contributed by atoms with Gasteiger partial charge in [-0.25, -0.2) is 17.8 Å². The van der Waals surface area contributed by atoms with E-state index in [2.05, 4.69) is 10.3 Å². The number of aromatic nitrogens is 1. The molecule has 1 saturated heterocycles. The zero-order chi connectivity index (χ0) is 24.3. The fourth-order valence-electron chi connectivity index (χ4n) is 3.81. The van der Waals surface area contributed by atoms with Crippen LogP contribution in [0.4, 0.5) is 9.52 Å². The summed E-state index contributed by atoms with van der Waals surface area (Å²) in [6.45, 7) is 0.355. The summed E-state index contributed by atoms with van der Waals surface area (Å²) in [5.74, 6) is -0.0543. The first kappa shape index (κ1) is 24.1. The number of anilines is 1. The van der Waals surface area contributed by atoms with Crippen LogP contribution in [-0.2, 0) is 14.8 Å². The van der Waals surface area contributed by atoms with E-state index >= 15 is 0 Å². The number of ether oxygens (including phenoxy) is 2. The first-order chi connectivity index (χ1) is 16.3. The fourth-order valence-corrected chi connectivity index (χ4v) is 6.04. The van der Waals surface area contributed by atoms with E-state index in [1.807, 2.05) is 0 Å². The number of halogens is 1. The molecule has 0 aliphatic carbocycles. The Hall–Kier alpha value is -3.02. The van der Waals surface area contributed by atoms with Crippen molar-refractivity contribution in [3.8, 4) is 22.8 Å². The molecule has 180 valence electrons. The summed E-state index contributed by atoms with van der Waals surface area (Å²) in [7, 11) is -0.680. The summed E-state index contributed by atoms with van der Waals surface area (Å²) in [4.78, 5) is 17.4. The molecule has 8 nitrogen and oxygen atoms in total. The molecule has 1 amide bonds. The van der Waals surface area contributed by atoms with Crippen molar-refractivity contribution < 1.29 is 27.1 Å².